The summed E-state index contributed by atoms with van der Waals surface area (Å²) in [5.41, 5.74) is 0.469. The number of esters is 1. The second kappa shape index (κ2) is 6.28. The third kappa shape index (κ3) is 3.37. The second-order valence-corrected chi connectivity index (χ2v) is 7.67. The van der Waals surface area contributed by atoms with Crippen LogP contribution < -0.4 is 0 Å². The Labute approximate surface area is 152 Å². The molecule has 4 rings (SSSR count). The van der Waals surface area contributed by atoms with Gasteiger partial charge in [0.25, 0.3) is 0 Å². The van der Waals surface area contributed by atoms with Gasteiger partial charge in [-0.3, -0.25) is 0 Å². The minimum Gasteiger partial charge on any atom is -0.453 e. The Kier molecular flexibility index (Phi) is 4.32. The lowest BCUT2D eigenvalue weighted by atomic mass is 10.1. The number of benzene rings is 1. The molecule has 7 nitrogen and oxygen atoms in total. The molecule has 0 unspecified atom stereocenters. The van der Waals surface area contributed by atoms with Crippen molar-refractivity contribution in [1.82, 2.24) is 0 Å². The van der Waals surface area contributed by atoms with Gasteiger partial charge in [0.05, 0.1) is 12.2 Å². The third-order valence-electron chi connectivity index (χ3n) is 4.68. The molecule has 0 amide bonds. The topological polar surface area (TPSA) is 72.5 Å². The number of hydrogen-bond donors (Lipinski definition) is 0. The predicted octanol–water partition coefficient (Wildman–Crippen LogP) is 2.24. The zero-order chi connectivity index (χ0) is 18.5. The Hall–Kier alpha value is -1.51. The SMILES string of the molecule is CC1(C)O[C@H]2O[C@H]([C@@H]3COC(C)(C)O3)[C@H](OC(=O)c3ccccc3)[C@H]2O1. The molecule has 1 aromatic rings. The van der Waals surface area contributed by atoms with Gasteiger partial charge in [-0.15, -0.1) is 0 Å². The van der Waals surface area contributed by atoms with Gasteiger partial charge in [-0.05, 0) is 39.8 Å². The number of carbonyl (C=O) groups excluding carboxylic acids is 1. The van der Waals surface area contributed by atoms with E-state index >= 15 is 0 Å². The van der Waals surface area contributed by atoms with Crippen LogP contribution in [0, 0.1) is 0 Å². The smallest absolute Gasteiger partial charge is 0.338 e. The van der Waals surface area contributed by atoms with Gasteiger partial charge < -0.3 is 28.4 Å². The van der Waals surface area contributed by atoms with Crippen LogP contribution in [0.3, 0.4) is 0 Å². The Balaban J connectivity index is 1.55. The van der Waals surface area contributed by atoms with E-state index in [0.29, 0.717) is 12.2 Å². The third-order valence-corrected chi connectivity index (χ3v) is 4.68. The van der Waals surface area contributed by atoms with Crippen molar-refractivity contribution >= 4 is 5.97 Å². The molecule has 0 bridgehead atoms. The van der Waals surface area contributed by atoms with Crippen molar-refractivity contribution in [3.63, 3.8) is 0 Å². The van der Waals surface area contributed by atoms with Crippen LogP contribution in [-0.2, 0) is 28.4 Å². The van der Waals surface area contributed by atoms with E-state index in [-0.39, 0.29) is 6.10 Å². The summed E-state index contributed by atoms with van der Waals surface area (Å²) in [7, 11) is 0. The molecule has 0 radical (unpaired) electrons. The first-order valence-electron chi connectivity index (χ1n) is 8.83. The molecule has 3 fully saturated rings. The molecule has 26 heavy (non-hydrogen) atoms. The molecular weight excluding hydrogens is 340 g/mol. The van der Waals surface area contributed by atoms with Gasteiger partial charge in [-0.2, -0.15) is 0 Å². The molecule has 0 spiro atoms. The molecular formula is C19H24O7. The van der Waals surface area contributed by atoms with Gasteiger partial charge in [0.15, 0.2) is 30.1 Å². The van der Waals surface area contributed by atoms with Gasteiger partial charge >= 0.3 is 5.97 Å². The quantitative estimate of drug-likeness (QED) is 0.762. The average molecular weight is 364 g/mol. The standard InChI is InChI=1S/C19H24O7/c1-18(2)21-10-12(24-18)13-14(15-17(23-13)26-19(3,4)25-15)22-16(20)11-8-6-5-7-9-11/h5-9,12-15,17H,10H2,1-4H3/t12-,13+,14-,15+,17+/m0/s1. The van der Waals surface area contributed by atoms with Crippen molar-refractivity contribution < 1.29 is 33.2 Å². The first-order valence-corrected chi connectivity index (χ1v) is 8.83. The summed E-state index contributed by atoms with van der Waals surface area (Å²) >= 11 is 0. The molecule has 7 heteroatoms. The van der Waals surface area contributed by atoms with Crippen molar-refractivity contribution in [3.8, 4) is 0 Å². The van der Waals surface area contributed by atoms with E-state index in [9.17, 15) is 4.79 Å². The summed E-state index contributed by atoms with van der Waals surface area (Å²) in [5, 5.41) is 0. The van der Waals surface area contributed by atoms with Gasteiger partial charge in [0.1, 0.15) is 12.2 Å². The van der Waals surface area contributed by atoms with Crippen molar-refractivity contribution in [2.24, 2.45) is 0 Å². The predicted molar refractivity (Wildman–Crippen MR) is 89.2 cm³/mol. The fourth-order valence-electron chi connectivity index (χ4n) is 3.58. The summed E-state index contributed by atoms with van der Waals surface area (Å²) in [6.45, 7) is 7.63. The second-order valence-electron chi connectivity index (χ2n) is 7.67. The molecule has 5 atom stereocenters. The maximum Gasteiger partial charge on any atom is 0.338 e. The first-order chi connectivity index (χ1) is 12.2. The Bertz CT molecular complexity index is 672. The summed E-state index contributed by atoms with van der Waals surface area (Å²) in [6.07, 6.45) is -2.70. The van der Waals surface area contributed by atoms with E-state index in [1.54, 1.807) is 38.1 Å². The summed E-state index contributed by atoms with van der Waals surface area (Å²) in [4.78, 5) is 12.6. The first kappa shape index (κ1) is 17.9. The van der Waals surface area contributed by atoms with E-state index < -0.39 is 42.1 Å². The minimum absolute atomic E-state index is 0.347. The highest BCUT2D eigenvalue weighted by atomic mass is 16.8. The summed E-state index contributed by atoms with van der Waals surface area (Å²) < 4.78 is 35.1. The molecule has 3 heterocycles. The van der Waals surface area contributed by atoms with Crippen LogP contribution in [-0.4, -0.2) is 54.9 Å². The highest BCUT2D eigenvalue weighted by Gasteiger charge is 2.60. The number of hydrogen-bond acceptors (Lipinski definition) is 7. The zero-order valence-electron chi connectivity index (χ0n) is 15.3. The van der Waals surface area contributed by atoms with Gasteiger partial charge in [0.2, 0.25) is 0 Å². The van der Waals surface area contributed by atoms with Crippen molar-refractivity contribution in [3.05, 3.63) is 35.9 Å². The maximum absolute atomic E-state index is 12.6. The molecule has 0 saturated carbocycles. The monoisotopic (exact) mass is 364 g/mol. The molecule has 0 aromatic heterocycles. The largest absolute Gasteiger partial charge is 0.453 e. The van der Waals surface area contributed by atoms with Crippen molar-refractivity contribution in [1.29, 1.82) is 0 Å². The molecule has 0 aliphatic carbocycles. The van der Waals surface area contributed by atoms with Crippen LogP contribution in [0.4, 0.5) is 0 Å². The number of carbonyl (C=O) groups is 1. The van der Waals surface area contributed by atoms with Crippen LogP contribution in [0.15, 0.2) is 30.3 Å². The fourth-order valence-corrected chi connectivity index (χ4v) is 3.58. The summed E-state index contributed by atoms with van der Waals surface area (Å²) in [6, 6.07) is 8.84. The minimum atomic E-state index is -0.802. The van der Waals surface area contributed by atoms with Gasteiger partial charge in [-0.1, -0.05) is 18.2 Å². The molecule has 3 aliphatic rings. The van der Waals surface area contributed by atoms with E-state index in [4.69, 9.17) is 28.4 Å². The lowest BCUT2D eigenvalue weighted by Crippen LogP contribution is -2.45. The molecule has 1 aromatic carbocycles. The van der Waals surface area contributed by atoms with E-state index in [1.165, 1.54) is 0 Å². The highest BCUT2D eigenvalue weighted by molar-refractivity contribution is 5.89. The van der Waals surface area contributed by atoms with Crippen LogP contribution >= 0.6 is 0 Å². The van der Waals surface area contributed by atoms with Crippen LogP contribution in [0.2, 0.25) is 0 Å². The van der Waals surface area contributed by atoms with Crippen LogP contribution in [0.25, 0.3) is 0 Å². The average Bonchev–Trinajstić information content (AvgIpc) is 3.18. The van der Waals surface area contributed by atoms with Crippen molar-refractivity contribution in [2.45, 2.75) is 70.0 Å². The van der Waals surface area contributed by atoms with Gasteiger partial charge in [-0.25, -0.2) is 4.79 Å². The number of ether oxygens (including phenoxy) is 6. The van der Waals surface area contributed by atoms with Crippen LogP contribution in [0.5, 0.6) is 0 Å². The molecule has 3 aliphatic heterocycles. The Morgan fingerprint density at radius 1 is 1.00 bits per heavy atom. The number of rotatable bonds is 3. The maximum atomic E-state index is 12.6. The fraction of sp³-hybridized carbons (Fsp3) is 0.632. The summed E-state index contributed by atoms with van der Waals surface area (Å²) in [5.74, 6) is -1.94. The van der Waals surface area contributed by atoms with Crippen LogP contribution in [0.1, 0.15) is 38.1 Å². The molecule has 3 saturated heterocycles. The molecule has 142 valence electrons. The van der Waals surface area contributed by atoms with E-state index in [1.807, 2.05) is 19.9 Å². The Morgan fingerprint density at radius 3 is 2.38 bits per heavy atom. The van der Waals surface area contributed by atoms with E-state index in [0.717, 1.165) is 0 Å². The normalized spacial score (nSPS) is 37.5. The molecule has 0 N–H and O–H groups in total. The highest BCUT2D eigenvalue weighted by Crippen LogP contribution is 2.42. The lowest BCUT2D eigenvalue weighted by molar-refractivity contribution is -0.232. The number of fused-ring (bicyclic) bond motifs is 1. The van der Waals surface area contributed by atoms with Crippen molar-refractivity contribution in [2.75, 3.05) is 6.61 Å². The van der Waals surface area contributed by atoms with E-state index in [2.05, 4.69) is 0 Å². The van der Waals surface area contributed by atoms with Gasteiger partial charge in [0, 0.05) is 0 Å². The zero-order valence-corrected chi connectivity index (χ0v) is 15.3. The lowest BCUT2D eigenvalue weighted by Gasteiger charge is -2.28. The Morgan fingerprint density at radius 2 is 1.73 bits per heavy atom.